The van der Waals surface area contributed by atoms with Crippen molar-refractivity contribution in [3.8, 4) is 5.88 Å². The molecule has 2 aromatic rings. The molecule has 1 aliphatic rings. The van der Waals surface area contributed by atoms with Gasteiger partial charge in [-0.1, -0.05) is 36.4 Å². The Kier molecular flexibility index (Phi) is 4.69. The van der Waals surface area contributed by atoms with Gasteiger partial charge in [0.2, 0.25) is 5.88 Å². The summed E-state index contributed by atoms with van der Waals surface area (Å²) < 4.78 is 10.8. The molecule has 0 bridgehead atoms. The summed E-state index contributed by atoms with van der Waals surface area (Å²) in [6.07, 6.45) is 1.69. The van der Waals surface area contributed by atoms with Crippen molar-refractivity contribution in [1.29, 1.82) is 0 Å². The number of benzene rings is 1. The van der Waals surface area contributed by atoms with E-state index in [0.717, 1.165) is 30.8 Å². The van der Waals surface area contributed by atoms with Gasteiger partial charge < -0.3 is 14.4 Å². The quantitative estimate of drug-likeness (QED) is 0.790. The summed E-state index contributed by atoms with van der Waals surface area (Å²) in [5.74, 6) is 1.07. The fourth-order valence-corrected chi connectivity index (χ4v) is 3.13. The summed E-state index contributed by atoms with van der Waals surface area (Å²) in [5.41, 5.74) is 0.421. The molecule has 1 aromatic heterocycles. The van der Waals surface area contributed by atoms with Crippen LogP contribution in [0.2, 0.25) is 0 Å². The fourth-order valence-electron chi connectivity index (χ4n) is 3.13. The highest BCUT2D eigenvalue weighted by atomic mass is 16.5. The number of nitrogens with zero attached hydrogens (tertiary/aromatic N) is 2. The molecule has 1 saturated heterocycles. The fraction of sp³-hybridized carbons (Fsp3) is 0.368. The summed E-state index contributed by atoms with van der Waals surface area (Å²) in [7, 11) is 1.43. The summed E-state index contributed by atoms with van der Waals surface area (Å²) in [4.78, 5) is 18.8. The van der Waals surface area contributed by atoms with Gasteiger partial charge in [-0.2, -0.15) is 4.98 Å². The molecule has 0 saturated carbocycles. The van der Waals surface area contributed by atoms with Crippen molar-refractivity contribution in [2.75, 3.05) is 18.6 Å². The Labute approximate surface area is 142 Å². The zero-order valence-electron chi connectivity index (χ0n) is 14.1. The molecule has 0 radical (unpaired) electrons. The molecule has 5 nitrogen and oxygen atoms in total. The van der Waals surface area contributed by atoms with Gasteiger partial charge in [-0.25, -0.2) is 4.79 Å². The Bertz CT molecular complexity index is 705. The molecule has 0 unspecified atom stereocenters. The maximum atomic E-state index is 12.2. The molecule has 1 atom stereocenters. The minimum atomic E-state index is -0.667. The van der Waals surface area contributed by atoms with Crippen LogP contribution in [0.5, 0.6) is 5.88 Å². The van der Waals surface area contributed by atoms with E-state index in [-0.39, 0.29) is 5.97 Å². The van der Waals surface area contributed by atoms with E-state index >= 15 is 0 Å². The number of methoxy groups -OCH3 is 1. The first kappa shape index (κ1) is 16.3. The predicted molar refractivity (Wildman–Crippen MR) is 92.0 cm³/mol. The molecule has 0 amide bonds. The zero-order chi connectivity index (χ0) is 17.0. The van der Waals surface area contributed by atoms with E-state index in [1.165, 1.54) is 7.11 Å². The molecule has 24 heavy (non-hydrogen) atoms. The van der Waals surface area contributed by atoms with Gasteiger partial charge in [0.25, 0.3) is 0 Å². The molecule has 1 fully saturated rings. The third kappa shape index (κ3) is 3.20. The Balaban J connectivity index is 1.76. The highest BCUT2D eigenvalue weighted by molar-refractivity contribution is 5.85. The van der Waals surface area contributed by atoms with Crippen LogP contribution in [0.15, 0.2) is 48.5 Å². The van der Waals surface area contributed by atoms with E-state index in [9.17, 15) is 4.79 Å². The van der Waals surface area contributed by atoms with Gasteiger partial charge >= 0.3 is 5.97 Å². The lowest BCUT2D eigenvalue weighted by Crippen LogP contribution is -2.49. The van der Waals surface area contributed by atoms with Gasteiger partial charge in [-0.3, -0.25) is 0 Å². The summed E-state index contributed by atoms with van der Waals surface area (Å²) in [5, 5.41) is 0. The lowest BCUT2D eigenvalue weighted by Gasteiger charge is -2.33. The molecule has 3 rings (SSSR count). The van der Waals surface area contributed by atoms with Crippen molar-refractivity contribution in [1.82, 2.24) is 4.98 Å². The third-order valence-electron chi connectivity index (χ3n) is 4.48. The second-order valence-corrected chi connectivity index (χ2v) is 6.13. The molecule has 126 valence electrons. The van der Waals surface area contributed by atoms with Gasteiger partial charge in [0.1, 0.15) is 18.0 Å². The summed E-state index contributed by atoms with van der Waals surface area (Å²) in [6.45, 7) is 3.15. The van der Waals surface area contributed by atoms with Crippen LogP contribution in [0.1, 0.15) is 25.3 Å². The molecule has 1 aromatic carbocycles. The number of carbonyl (C=O) groups is 1. The number of esters is 1. The van der Waals surface area contributed by atoms with E-state index in [1.54, 1.807) is 0 Å². The van der Waals surface area contributed by atoms with Crippen molar-refractivity contribution in [3.05, 3.63) is 54.1 Å². The summed E-state index contributed by atoms with van der Waals surface area (Å²) >= 11 is 0. The molecule has 0 spiro atoms. The molecule has 1 aliphatic heterocycles. The molecule has 0 aliphatic carbocycles. The van der Waals surface area contributed by atoms with E-state index in [4.69, 9.17) is 9.47 Å². The first-order valence-electron chi connectivity index (χ1n) is 8.13. The van der Waals surface area contributed by atoms with Crippen LogP contribution in [0.4, 0.5) is 5.82 Å². The van der Waals surface area contributed by atoms with E-state index in [1.807, 2.05) is 60.4 Å². The lowest BCUT2D eigenvalue weighted by molar-refractivity contribution is -0.146. The van der Waals surface area contributed by atoms with Crippen molar-refractivity contribution < 1.29 is 14.3 Å². The molecule has 5 heteroatoms. The SMILES string of the molecule is COC(=O)[C@@]1(C)CCCN1c1cccc(OCc2ccccc2)n1. The summed E-state index contributed by atoms with van der Waals surface area (Å²) in [6, 6.07) is 15.6. The number of anilines is 1. The van der Waals surface area contributed by atoms with E-state index in [0.29, 0.717) is 12.5 Å². The number of aromatic nitrogens is 1. The Morgan fingerprint density at radius 1 is 1.21 bits per heavy atom. The predicted octanol–water partition coefficient (Wildman–Crippen LogP) is 3.19. The second-order valence-electron chi connectivity index (χ2n) is 6.13. The van der Waals surface area contributed by atoms with Crippen molar-refractivity contribution >= 4 is 11.8 Å². The van der Waals surface area contributed by atoms with Gasteiger partial charge in [-0.15, -0.1) is 0 Å². The Hall–Kier alpha value is -2.56. The Morgan fingerprint density at radius 3 is 2.75 bits per heavy atom. The monoisotopic (exact) mass is 326 g/mol. The normalized spacial score (nSPS) is 20.0. The van der Waals surface area contributed by atoms with Crippen molar-refractivity contribution in [3.63, 3.8) is 0 Å². The second kappa shape index (κ2) is 6.91. The Morgan fingerprint density at radius 2 is 2.00 bits per heavy atom. The van der Waals surface area contributed by atoms with Crippen LogP contribution < -0.4 is 9.64 Å². The smallest absolute Gasteiger partial charge is 0.331 e. The van der Waals surface area contributed by atoms with Crippen LogP contribution in [0, 0.1) is 0 Å². The van der Waals surface area contributed by atoms with Crippen molar-refractivity contribution in [2.24, 2.45) is 0 Å². The number of carbonyl (C=O) groups excluding carboxylic acids is 1. The maximum absolute atomic E-state index is 12.2. The number of rotatable bonds is 5. The van der Waals surface area contributed by atoms with Crippen molar-refractivity contribution in [2.45, 2.75) is 31.9 Å². The average Bonchev–Trinajstić information content (AvgIpc) is 3.03. The largest absolute Gasteiger partial charge is 0.473 e. The lowest BCUT2D eigenvalue weighted by atomic mass is 9.99. The number of pyridine rings is 1. The highest BCUT2D eigenvalue weighted by Crippen LogP contribution is 2.34. The minimum Gasteiger partial charge on any atom is -0.473 e. The van der Waals surface area contributed by atoms with E-state index < -0.39 is 5.54 Å². The van der Waals surface area contributed by atoms with Gasteiger partial charge in [0.05, 0.1) is 7.11 Å². The highest BCUT2D eigenvalue weighted by Gasteiger charge is 2.45. The maximum Gasteiger partial charge on any atom is 0.331 e. The van der Waals surface area contributed by atoms with Crippen LogP contribution in [0.3, 0.4) is 0 Å². The number of ether oxygens (including phenoxy) is 2. The van der Waals surface area contributed by atoms with Crippen LogP contribution in [0.25, 0.3) is 0 Å². The topological polar surface area (TPSA) is 51.7 Å². The van der Waals surface area contributed by atoms with Crippen LogP contribution in [-0.4, -0.2) is 30.1 Å². The van der Waals surface area contributed by atoms with Gasteiger partial charge in [0, 0.05) is 12.6 Å². The van der Waals surface area contributed by atoms with Gasteiger partial charge in [0.15, 0.2) is 0 Å². The first-order valence-corrected chi connectivity index (χ1v) is 8.13. The molecular weight excluding hydrogens is 304 g/mol. The van der Waals surface area contributed by atoms with Crippen LogP contribution >= 0.6 is 0 Å². The molecule has 0 N–H and O–H groups in total. The number of hydrogen-bond donors (Lipinski definition) is 0. The average molecular weight is 326 g/mol. The third-order valence-corrected chi connectivity index (χ3v) is 4.48. The standard InChI is InChI=1S/C19H22N2O3/c1-19(18(22)23-2)12-7-13-21(19)16-10-6-11-17(20-16)24-14-15-8-4-3-5-9-15/h3-6,8-11H,7,12-14H2,1-2H3/t19-/m1/s1. The van der Waals surface area contributed by atoms with Crippen LogP contribution in [-0.2, 0) is 16.1 Å². The minimum absolute atomic E-state index is 0.225. The van der Waals surface area contributed by atoms with Gasteiger partial charge in [-0.05, 0) is 31.4 Å². The molecular formula is C19H22N2O3. The number of hydrogen-bond acceptors (Lipinski definition) is 5. The molecule has 2 heterocycles. The zero-order valence-corrected chi connectivity index (χ0v) is 14.1. The van der Waals surface area contributed by atoms with E-state index in [2.05, 4.69) is 4.98 Å². The first-order chi connectivity index (χ1) is 11.6.